The van der Waals surface area contributed by atoms with Crippen molar-refractivity contribution >= 4 is 0 Å². The van der Waals surface area contributed by atoms with Gasteiger partial charge in [0, 0.05) is 37.2 Å². The molecule has 0 atom stereocenters. The third kappa shape index (κ3) is 3.32. The van der Waals surface area contributed by atoms with Crippen LogP contribution < -0.4 is 5.32 Å². The Morgan fingerprint density at radius 3 is 2.76 bits per heavy atom. The molecule has 2 rings (SSSR count). The van der Waals surface area contributed by atoms with Crippen LogP contribution in [0.25, 0.3) is 0 Å². The summed E-state index contributed by atoms with van der Waals surface area (Å²) in [5.41, 5.74) is 3.50. The summed E-state index contributed by atoms with van der Waals surface area (Å²) in [5, 5.41) is 3.35. The Bertz CT molecular complexity index is 456. The number of hydrogen-bond acceptors (Lipinski definition) is 4. The predicted octanol–water partition coefficient (Wildman–Crippen LogP) is 1.72. The third-order valence-electron chi connectivity index (χ3n) is 2.60. The Morgan fingerprint density at radius 1 is 1.18 bits per heavy atom. The Morgan fingerprint density at radius 2 is 2.00 bits per heavy atom. The van der Waals surface area contributed by atoms with Gasteiger partial charge in [-0.1, -0.05) is 13.0 Å². The minimum atomic E-state index is 0.764. The Labute approximate surface area is 101 Å². The zero-order valence-electron chi connectivity index (χ0n) is 9.93. The van der Waals surface area contributed by atoms with E-state index in [0.717, 1.165) is 30.8 Å². The van der Waals surface area contributed by atoms with Gasteiger partial charge < -0.3 is 5.32 Å². The van der Waals surface area contributed by atoms with Gasteiger partial charge in [-0.15, -0.1) is 0 Å². The summed E-state index contributed by atoms with van der Waals surface area (Å²) < 4.78 is 0. The number of nitrogens with zero attached hydrogens (tertiary/aromatic N) is 3. The fourth-order valence-electron chi connectivity index (χ4n) is 1.70. The van der Waals surface area contributed by atoms with E-state index in [1.54, 1.807) is 0 Å². The molecule has 88 valence electrons. The summed E-state index contributed by atoms with van der Waals surface area (Å²) in [5.74, 6) is 0. The number of hydrogen-bond donors (Lipinski definition) is 1. The van der Waals surface area contributed by atoms with E-state index < -0.39 is 0 Å². The number of aryl methyl sites for hydroxylation is 1. The fourth-order valence-corrected chi connectivity index (χ4v) is 1.70. The van der Waals surface area contributed by atoms with E-state index in [4.69, 9.17) is 0 Å². The maximum Gasteiger partial charge on any atom is 0.115 e. The average molecular weight is 228 g/mol. The Balaban J connectivity index is 1.90. The van der Waals surface area contributed by atoms with Crippen LogP contribution in [-0.4, -0.2) is 15.0 Å². The SMILES string of the molecule is CCc1cccnc1CNCc1cncnc1. The summed E-state index contributed by atoms with van der Waals surface area (Å²) in [6.45, 7) is 3.69. The highest BCUT2D eigenvalue weighted by atomic mass is 14.9. The van der Waals surface area contributed by atoms with Gasteiger partial charge in [0.25, 0.3) is 0 Å². The van der Waals surface area contributed by atoms with Crippen molar-refractivity contribution in [3.8, 4) is 0 Å². The predicted molar refractivity (Wildman–Crippen MR) is 66.2 cm³/mol. The van der Waals surface area contributed by atoms with Gasteiger partial charge in [-0.25, -0.2) is 9.97 Å². The maximum atomic E-state index is 4.39. The van der Waals surface area contributed by atoms with E-state index in [-0.39, 0.29) is 0 Å². The molecule has 0 saturated heterocycles. The normalized spacial score (nSPS) is 10.4. The van der Waals surface area contributed by atoms with E-state index in [9.17, 15) is 0 Å². The van der Waals surface area contributed by atoms with Gasteiger partial charge in [-0.2, -0.15) is 0 Å². The lowest BCUT2D eigenvalue weighted by atomic mass is 10.1. The van der Waals surface area contributed by atoms with Crippen molar-refractivity contribution in [3.63, 3.8) is 0 Å². The molecule has 0 aliphatic heterocycles. The van der Waals surface area contributed by atoms with Gasteiger partial charge >= 0.3 is 0 Å². The lowest BCUT2D eigenvalue weighted by molar-refractivity contribution is 0.669. The van der Waals surface area contributed by atoms with Crippen molar-refractivity contribution in [2.75, 3.05) is 0 Å². The van der Waals surface area contributed by atoms with Crippen molar-refractivity contribution in [3.05, 3.63) is 53.9 Å². The lowest BCUT2D eigenvalue weighted by Gasteiger charge is -2.07. The smallest absolute Gasteiger partial charge is 0.115 e. The van der Waals surface area contributed by atoms with Crippen LogP contribution in [-0.2, 0) is 19.5 Å². The summed E-state index contributed by atoms with van der Waals surface area (Å²) in [4.78, 5) is 12.3. The summed E-state index contributed by atoms with van der Waals surface area (Å²) >= 11 is 0. The van der Waals surface area contributed by atoms with Crippen LogP contribution >= 0.6 is 0 Å². The molecule has 0 aliphatic carbocycles. The fraction of sp³-hybridized carbons (Fsp3) is 0.308. The Hall–Kier alpha value is -1.81. The molecule has 1 N–H and O–H groups in total. The van der Waals surface area contributed by atoms with Gasteiger partial charge in [0.05, 0.1) is 5.69 Å². The largest absolute Gasteiger partial charge is 0.307 e. The van der Waals surface area contributed by atoms with E-state index in [1.807, 2.05) is 24.7 Å². The van der Waals surface area contributed by atoms with Gasteiger partial charge in [-0.05, 0) is 18.1 Å². The van der Waals surface area contributed by atoms with Crippen LogP contribution in [0.3, 0.4) is 0 Å². The van der Waals surface area contributed by atoms with Crippen LogP contribution in [0.2, 0.25) is 0 Å². The van der Waals surface area contributed by atoms with Crippen LogP contribution in [0, 0.1) is 0 Å². The van der Waals surface area contributed by atoms with Crippen molar-refractivity contribution < 1.29 is 0 Å². The van der Waals surface area contributed by atoms with E-state index in [2.05, 4.69) is 33.3 Å². The molecule has 2 aromatic heterocycles. The molecule has 0 spiro atoms. The van der Waals surface area contributed by atoms with Crippen molar-refractivity contribution in [1.29, 1.82) is 0 Å². The summed E-state index contributed by atoms with van der Waals surface area (Å²) in [6, 6.07) is 4.10. The molecule has 4 heteroatoms. The van der Waals surface area contributed by atoms with Crippen molar-refractivity contribution in [2.45, 2.75) is 26.4 Å². The minimum absolute atomic E-state index is 0.764. The molecule has 0 unspecified atom stereocenters. The first kappa shape index (κ1) is 11.7. The lowest BCUT2D eigenvalue weighted by Crippen LogP contribution is -2.15. The molecule has 0 saturated carbocycles. The zero-order valence-corrected chi connectivity index (χ0v) is 9.93. The molecular weight excluding hydrogens is 212 g/mol. The number of rotatable bonds is 5. The second kappa shape index (κ2) is 6.06. The molecule has 2 aromatic rings. The molecule has 0 fully saturated rings. The van der Waals surface area contributed by atoms with Crippen molar-refractivity contribution in [2.24, 2.45) is 0 Å². The maximum absolute atomic E-state index is 4.39. The van der Waals surface area contributed by atoms with Crippen LogP contribution in [0.4, 0.5) is 0 Å². The first-order valence-corrected chi connectivity index (χ1v) is 5.77. The molecule has 0 aromatic carbocycles. The second-order valence-electron chi connectivity index (χ2n) is 3.81. The monoisotopic (exact) mass is 228 g/mol. The zero-order chi connectivity index (χ0) is 11.9. The summed E-state index contributed by atoms with van der Waals surface area (Å²) in [7, 11) is 0. The number of pyridine rings is 1. The second-order valence-corrected chi connectivity index (χ2v) is 3.81. The molecular formula is C13H16N4. The first-order chi connectivity index (χ1) is 8.40. The van der Waals surface area contributed by atoms with Crippen LogP contribution in [0.5, 0.6) is 0 Å². The highest BCUT2D eigenvalue weighted by Gasteiger charge is 2.00. The molecule has 0 aliphatic rings. The molecule has 4 nitrogen and oxygen atoms in total. The quantitative estimate of drug-likeness (QED) is 0.846. The van der Waals surface area contributed by atoms with Gasteiger partial charge in [-0.3, -0.25) is 4.98 Å². The molecule has 2 heterocycles. The van der Waals surface area contributed by atoms with Gasteiger partial charge in [0.1, 0.15) is 6.33 Å². The third-order valence-corrected chi connectivity index (χ3v) is 2.60. The topological polar surface area (TPSA) is 50.7 Å². The first-order valence-electron chi connectivity index (χ1n) is 5.77. The highest BCUT2D eigenvalue weighted by Crippen LogP contribution is 2.05. The summed E-state index contributed by atoms with van der Waals surface area (Å²) in [6.07, 6.45) is 8.02. The number of nitrogens with one attached hydrogen (secondary N) is 1. The molecule has 17 heavy (non-hydrogen) atoms. The molecule has 0 amide bonds. The van der Waals surface area contributed by atoms with Gasteiger partial charge in [0.2, 0.25) is 0 Å². The minimum Gasteiger partial charge on any atom is -0.307 e. The standard InChI is InChI=1S/C13H16N4/c1-2-12-4-3-5-17-13(12)9-14-6-11-7-15-10-16-8-11/h3-5,7-8,10,14H,2,6,9H2,1H3. The van der Waals surface area contributed by atoms with Gasteiger partial charge in [0.15, 0.2) is 0 Å². The number of aromatic nitrogens is 3. The molecule has 0 bridgehead atoms. The Kier molecular flexibility index (Phi) is 4.16. The van der Waals surface area contributed by atoms with E-state index in [0.29, 0.717) is 0 Å². The highest BCUT2D eigenvalue weighted by molar-refractivity contribution is 5.19. The van der Waals surface area contributed by atoms with Crippen LogP contribution in [0.15, 0.2) is 37.1 Å². The van der Waals surface area contributed by atoms with E-state index in [1.165, 1.54) is 11.9 Å². The van der Waals surface area contributed by atoms with E-state index >= 15 is 0 Å². The molecule has 0 radical (unpaired) electrons. The van der Waals surface area contributed by atoms with Crippen molar-refractivity contribution in [1.82, 2.24) is 20.3 Å². The average Bonchev–Trinajstić information content (AvgIpc) is 2.40. The van der Waals surface area contributed by atoms with Crippen LogP contribution in [0.1, 0.15) is 23.7 Å².